The molecule has 1 saturated carbocycles. The predicted molar refractivity (Wildman–Crippen MR) is 102 cm³/mol. The maximum absolute atomic E-state index is 4.93. The molecule has 4 rings (SSSR count). The van der Waals surface area contributed by atoms with Gasteiger partial charge in [0.05, 0.1) is 11.4 Å². The summed E-state index contributed by atoms with van der Waals surface area (Å²) in [5.41, 5.74) is 4.97. The van der Waals surface area contributed by atoms with E-state index in [1.807, 2.05) is 0 Å². The van der Waals surface area contributed by atoms with Crippen LogP contribution in [0, 0.1) is 0 Å². The number of aromatic nitrogens is 1. The molecule has 3 aromatic rings. The van der Waals surface area contributed by atoms with Gasteiger partial charge >= 0.3 is 0 Å². The molecule has 1 aromatic heterocycles. The van der Waals surface area contributed by atoms with Crippen molar-refractivity contribution in [2.75, 3.05) is 0 Å². The topological polar surface area (TPSA) is 17.3 Å². The summed E-state index contributed by atoms with van der Waals surface area (Å²) in [4.78, 5) is 6.04. The molecule has 24 heavy (non-hydrogen) atoms. The standard InChI is InChI=1S/C21H22N2S/c1-15(2)16-8-10-18(11-9-16)22-21-23(19-12-13-19)20(14-24-21)17-6-4-3-5-7-17/h3-11,14-15,19H,12-13H2,1-2H3. The van der Waals surface area contributed by atoms with Gasteiger partial charge in [0.25, 0.3) is 0 Å². The SMILES string of the molecule is CC(C)c1ccc(N=c2scc(-c3ccccc3)n2C2CC2)cc1. The Labute approximate surface area is 147 Å². The van der Waals surface area contributed by atoms with E-state index in [2.05, 4.69) is 78.4 Å². The van der Waals surface area contributed by atoms with Crippen molar-refractivity contribution in [1.29, 1.82) is 0 Å². The first-order valence-corrected chi connectivity index (χ1v) is 9.50. The van der Waals surface area contributed by atoms with Crippen LogP contribution >= 0.6 is 11.3 Å². The summed E-state index contributed by atoms with van der Waals surface area (Å²) in [5, 5.41) is 2.25. The lowest BCUT2D eigenvalue weighted by molar-refractivity contribution is 0.725. The summed E-state index contributed by atoms with van der Waals surface area (Å²) in [6.07, 6.45) is 2.52. The van der Waals surface area contributed by atoms with E-state index in [0.717, 1.165) is 10.5 Å². The molecule has 0 spiro atoms. The molecule has 122 valence electrons. The number of rotatable bonds is 4. The number of nitrogens with zero attached hydrogens (tertiary/aromatic N) is 2. The van der Waals surface area contributed by atoms with E-state index in [0.29, 0.717) is 12.0 Å². The summed E-state index contributed by atoms with van der Waals surface area (Å²) in [5.74, 6) is 0.557. The fraction of sp³-hybridized carbons (Fsp3) is 0.286. The quantitative estimate of drug-likeness (QED) is 0.564. The lowest BCUT2D eigenvalue weighted by Crippen LogP contribution is -2.14. The Balaban J connectivity index is 1.77. The number of thiazole rings is 1. The van der Waals surface area contributed by atoms with Crippen LogP contribution in [0.15, 0.2) is 65.0 Å². The Kier molecular flexibility index (Phi) is 4.11. The van der Waals surface area contributed by atoms with Crippen molar-refractivity contribution in [1.82, 2.24) is 4.57 Å². The molecule has 2 nitrogen and oxygen atoms in total. The van der Waals surface area contributed by atoms with Crippen molar-refractivity contribution in [3.05, 3.63) is 70.3 Å². The van der Waals surface area contributed by atoms with Crippen LogP contribution in [-0.4, -0.2) is 4.57 Å². The molecule has 0 amide bonds. The summed E-state index contributed by atoms with van der Waals surface area (Å²) in [6.45, 7) is 4.44. The van der Waals surface area contributed by atoms with Crippen molar-refractivity contribution < 1.29 is 0 Å². The molecule has 1 fully saturated rings. The van der Waals surface area contributed by atoms with E-state index < -0.39 is 0 Å². The summed E-state index contributed by atoms with van der Waals surface area (Å²) < 4.78 is 2.43. The monoisotopic (exact) mass is 334 g/mol. The fourth-order valence-corrected chi connectivity index (χ4v) is 3.94. The van der Waals surface area contributed by atoms with Gasteiger partial charge in [-0.25, -0.2) is 4.99 Å². The van der Waals surface area contributed by atoms with Gasteiger partial charge in [-0.15, -0.1) is 11.3 Å². The van der Waals surface area contributed by atoms with Crippen molar-refractivity contribution in [2.45, 2.75) is 38.6 Å². The van der Waals surface area contributed by atoms with Gasteiger partial charge in [-0.2, -0.15) is 0 Å². The van der Waals surface area contributed by atoms with Gasteiger partial charge in [-0.3, -0.25) is 0 Å². The highest BCUT2D eigenvalue weighted by Gasteiger charge is 2.27. The highest BCUT2D eigenvalue weighted by atomic mass is 32.1. The minimum atomic E-state index is 0.557. The van der Waals surface area contributed by atoms with E-state index in [9.17, 15) is 0 Å². The minimum absolute atomic E-state index is 0.557. The molecule has 1 aliphatic carbocycles. The van der Waals surface area contributed by atoms with Crippen molar-refractivity contribution in [3.63, 3.8) is 0 Å². The third-order valence-corrected chi connectivity index (χ3v) is 5.35. The van der Waals surface area contributed by atoms with Gasteiger partial charge in [0.2, 0.25) is 0 Å². The third-order valence-electron chi connectivity index (χ3n) is 4.51. The smallest absolute Gasteiger partial charge is 0.190 e. The normalized spacial score (nSPS) is 15.2. The lowest BCUT2D eigenvalue weighted by atomic mass is 10.0. The van der Waals surface area contributed by atoms with E-state index in [-0.39, 0.29) is 0 Å². The van der Waals surface area contributed by atoms with Gasteiger partial charge in [-0.1, -0.05) is 56.3 Å². The molecule has 0 unspecified atom stereocenters. The largest absolute Gasteiger partial charge is 0.313 e. The second-order valence-corrected chi connectivity index (χ2v) is 7.57. The summed E-state index contributed by atoms with van der Waals surface area (Å²) >= 11 is 1.74. The number of benzene rings is 2. The first kappa shape index (κ1) is 15.4. The maximum atomic E-state index is 4.93. The van der Waals surface area contributed by atoms with Crippen LogP contribution in [0.2, 0.25) is 0 Å². The van der Waals surface area contributed by atoms with Gasteiger partial charge in [-0.05, 0) is 42.0 Å². The fourth-order valence-electron chi connectivity index (χ4n) is 2.95. The lowest BCUT2D eigenvalue weighted by Gasteiger charge is -2.08. The van der Waals surface area contributed by atoms with Crippen LogP contribution in [0.3, 0.4) is 0 Å². The molecule has 0 aliphatic heterocycles. The Bertz CT molecular complexity index is 882. The Morgan fingerprint density at radius 2 is 1.71 bits per heavy atom. The van der Waals surface area contributed by atoms with Crippen LogP contribution in [0.4, 0.5) is 5.69 Å². The highest BCUT2D eigenvalue weighted by molar-refractivity contribution is 7.07. The highest BCUT2D eigenvalue weighted by Crippen LogP contribution is 2.38. The zero-order valence-electron chi connectivity index (χ0n) is 14.1. The van der Waals surface area contributed by atoms with E-state index in [1.165, 1.54) is 29.7 Å². The van der Waals surface area contributed by atoms with Crippen LogP contribution < -0.4 is 4.80 Å². The molecule has 1 heterocycles. The molecule has 3 heteroatoms. The molecule has 0 N–H and O–H groups in total. The zero-order valence-corrected chi connectivity index (χ0v) is 15.0. The Morgan fingerprint density at radius 3 is 2.33 bits per heavy atom. The van der Waals surface area contributed by atoms with Gasteiger partial charge in [0.1, 0.15) is 0 Å². The van der Waals surface area contributed by atoms with Crippen LogP contribution in [0.25, 0.3) is 11.3 Å². The number of hydrogen-bond acceptors (Lipinski definition) is 2. The van der Waals surface area contributed by atoms with Gasteiger partial charge in [0.15, 0.2) is 4.80 Å². The minimum Gasteiger partial charge on any atom is -0.313 e. The number of hydrogen-bond donors (Lipinski definition) is 0. The second kappa shape index (κ2) is 6.40. The van der Waals surface area contributed by atoms with Crippen LogP contribution in [0.1, 0.15) is 44.2 Å². The second-order valence-electron chi connectivity index (χ2n) is 6.73. The zero-order chi connectivity index (χ0) is 16.5. The first-order chi connectivity index (χ1) is 11.7. The molecular formula is C21H22N2S. The Morgan fingerprint density at radius 1 is 1.00 bits per heavy atom. The molecule has 0 atom stereocenters. The maximum Gasteiger partial charge on any atom is 0.190 e. The van der Waals surface area contributed by atoms with E-state index >= 15 is 0 Å². The van der Waals surface area contributed by atoms with Gasteiger partial charge in [0, 0.05) is 11.4 Å². The van der Waals surface area contributed by atoms with Crippen molar-refractivity contribution in [2.24, 2.45) is 4.99 Å². The van der Waals surface area contributed by atoms with Crippen molar-refractivity contribution in [3.8, 4) is 11.3 Å². The molecule has 0 saturated heterocycles. The molecular weight excluding hydrogens is 312 g/mol. The van der Waals surface area contributed by atoms with Crippen LogP contribution in [0.5, 0.6) is 0 Å². The molecule has 0 bridgehead atoms. The summed E-state index contributed by atoms with van der Waals surface area (Å²) in [6, 6.07) is 19.9. The first-order valence-electron chi connectivity index (χ1n) is 8.62. The average Bonchev–Trinajstić information content (AvgIpc) is 3.37. The molecule has 0 radical (unpaired) electrons. The molecule has 1 aliphatic rings. The molecule has 2 aromatic carbocycles. The van der Waals surface area contributed by atoms with Gasteiger partial charge < -0.3 is 4.57 Å². The average molecular weight is 334 g/mol. The summed E-state index contributed by atoms with van der Waals surface area (Å²) in [7, 11) is 0. The van der Waals surface area contributed by atoms with E-state index in [4.69, 9.17) is 4.99 Å². The van der Waals surface area contributed by atoms with E-state index in [1.54, 1.807) is 11.3 Å². The van der Waals surface area contributed by atoms with Crippen molar-refractivity contribution >= 4 is 17.0 Å². The third kappa shape index (κ3) is 3.09. The van der Waals surface area contributed by atoms with Crippen LogP contribution in [-0.2, 0) is 0 Å². The predicted octanol–water partition coefficient (Wildman–Crippen LogP) is 5.91. The Hall–Kier alpha value is -2.13.